The molecule has 2 rings (SSSR count). The highest BCUT2D eigenvalue weighted by molar-refractivity contribution is 6.30. The van der Waals surface area contributed by atoms with Crippen LogP contribution in [0, 0.1) is 0 Å². The van der Waals surface area contributed by atoms with E-state index in [0.29, 0.717) is 17.9 Å². The molecule has 0 aliphatic rings. The molecule has 0 heterocycles. The smallest absolute Gasteiger partial charge is 0.325 e. The standard InChI is InChI=1S/C18H18ClNO3/c19-16-8-4-7-14(11-16)9-10-17(21)20-12-18(22)23-13-15-5-2-1-3-6-15/h1-8,11H,9-10,12-13H2,(H,20,21). The summed E-state index contributed by atoms with van der Waals surface area (Å²) in [6.45, 7) is 0.0826. The zero-order valence-corrected chi connectivity index (χ0v) is 13.4. The van der Waals surface area contributed by atoms with E-state index in [0.717, 1.165) is 11.1 Å². The van der Waals surface area contributed by atoms with E-state index in [9.17, 15) is 9.59 Å². The van der Waals surface area contributed by atoms with Gasteiger partial charge < -0.3 is 10.1 Å². The third kappa shape index (κ3) is 6.53. The van der Waals surface area contributed by atoms with Crippen LogP contribution >= 0.6 is 11.6 Å². The zero-order valence-electron chi connectivity index (χ0n) is 12.6. The maximum absolute atomic E-state index is 11.7. The molecule has 0 unspecified atom stereocenters. The van der Waals surface area contributed by atoms with Gasteiger partial charge in [-0.3, -0.25) is 9.59 Å². The number of amides is 1. The highest BCUT2D eigenvalue weighted by Crippen LogP contribution is 2.12. The van der Waals surface area contributed by atoms with Crippen LogP contribution in [0.15, 0.2) is 54.6 Å². The Labute approximate surface area is 140 Å². The number of hydrogen-bond donors (Lipinski definition) is 1. The van der Waals surface area contributed by atoms with Crippen LogP contribution in [0.5, 0.6) is 0 Å². The molecule has 0 fully saturated rings. The van der Waals surface area contributed by atoms with E-state index in [-0.39, 0.29) is 19.1 Å². The molecule has 0 radical (unpaired) electrons. The third-order valence-corrected chi connectivity index (χ3v) is 3.44. The molecule has 0 aromatic heterocycles. The van der Waals surface area contributed by atoms with Gasteiger partial charge in [-0.25, -0.2) is 0 Å². The zero-order chi connectivity index (χ0) is 16.5. The number of rotatable bonds is 7. The SMILES string of the molecule is O=C(CCc1cccc(Cl)c1)NCC(=O)OCc1ccccc1. The van der Waals surface area contributed by atoms with Crippen molar-refractivity contribution in [3.63, 3.8) is 0 Å². The number of halogens is 1. The summed E-state index contributed by atoms with van der Waals surface area (Å²) in [6, 6.07) is 16.8. The van der Waals surface area contributed by atoms with Crippen LogP contribution in [-0.2, 0) is 27.4 Å². The molecule has 0 bridgehead atoms. The average Bonchev–Trinajstić information content (AvgIpc) is 2.57. The van der Waals surface area contributed by atoms with E-state index < -0.39 is 5.97 Å². The number of hydrogen-bond acceptors (Lipinski definition) is 3. The Kier molecular flexibility index (Phi) is 6.63. The lowest BCUT2D eigenvalue weighted by Gasteiger charge is -2.07. The number of carbonyl (C=O) groups excluding carboxylic acids is 2. The van der Waals surface area contributed by atoms with E-state index in [2.05, 4.69) is 5.32 Å². The first-order chi connectivity index (χ1) is 11.1. The molecular formula is C18H18ClNO3. The van der Waals surface area contributed by atoms with Crippen LogP contribution in [0.2, 0.25) is 5.02 Å². The summed E-state index contributed by atoms with van der Waals surface area (Å²) in [5.41, 5.74) is 1.90. The minimum absolute atomic E-state index is 0.124. The fraction of sp³-hybridized carbons (Fsp3) is 0.222. The van der Waals surface area contributed by atoms with Crippen molar-refractivity contribution in [2.75, 3.05) is 6.54 Å². The normalized spacial score (nSPS) is 10.1. The molecule has 4 nitrogen and oxygen atoms in total. The number of benzene rings is 2. The molecule has 1 amide bonds. The molecule has 5 heteroatoms. The minimum atomic E-state index is -0.454. The van der Waals surface area contributed by atoms with Crippen molar-refractivity contribution in [1.29, 1.82) is 0 Å². The predicted molar refractivity (Wildman–Crippen MR) is 89.0 cm³/mol. The highest BCUT2D eigenvalue weighted by Gasteiger charge is 2.07. The Morgan fingerprint density at radius 3 is 2.48 bits per heavy atom. The predicted octanol–water partition coefficient (Wildman–Crippen LogP) is 3.13. The number of ether oxygens (including phenoxy) is 1. The topological polar surface area (TPSA) is 55.4 Å². The number of aryl methyl sites for hydroxylation is 1. The summed E-state index contributed by atoms with van der Waals surface area (Å²) >= 11 is 5.89. The summed E-state index contributed by atoms with van der Waals surface area (Å²) in [5, 5.41) is 3.20. The van der Waals surface area contributed by atoms with E-state index >= 15 is 0 Å². The Bertz CT molecular complexity index is 658. The van der Waals surface area contributed by atoms with Crippen molar-refractivity contribution >= 4 is 23.5 Å². The van der Waals surface area contributed by atoms with Crippen LogP contribution in [-0.4, -0.2) is 18.4 Å². The Hall–Kier alpha value is -2.33. The largest absolute Gasteiger partial charge is 0.460 e. The fourth-order valence-electron chi connectivity index (χ4n) is 2.00. The van der Waals surface area contributed by atoms with Gasteiger partial charge in [-0.1, -0.05) is 54.1 Å². The lowest BCUT2D eigenvalue weighted by Crippen LogP contribution is -2.30. The van der Waals surface area contributed by atoms with Gasteiger partial charge in [0.15, 0.2) is 0 Å². The van der Waals surface area contributed by atoms with E-state index in [1.165, 1.54) is 0 Å². The van der Waals surface area contributed by atoms with Crippen molar-refractivity contribution in [2.45, 2.75) is 19.4 Å². The second kappa shape index (κ2) is 8.96. The van der Waals surface area contributed by atoms with Gasteiger partial charge >= 0.3 is 5.97 Å². The molecule has 2 aromatic rings. The van der Waals surface area contributed by atoms with Crippen molar-refractivity contribution < 1.29 is 14.3 Å². The van der Waals surface area contributed by atoms with Crippen LogP contribution in [0.25, 0.3) is 0 Å². The molecule has 23 heavy (non-hydrogen) atoms. The van der Waals surface area contributed by atoms with Crippen LogP contribution in [0.4, 0.5) is 0 Å². The number of nitrogens with one attached hydrogen (secondary N) is 1. The van der Waals surface area contributed by atoms with Gasteiger partial charge in [0.05, 0.1) is 0 Å². The van der Waals surface area contributed by atoms with Crippen LogP contribution in [0.3, 0.4) is 0 Å². The number of esters is 1. The minimum Gasteiger partial charge on any atom is -0.460 e. The van der Waals surface area contributed by atoms with E-state index in [1.807, 2.05) is 48.5 Å². The third-order valence-electron chi connectivity index (χ3n) is 3.20. The average molecular weight is 332 g/mol. The summed E-state index contributed by atoms with van der Waals surface area (Å²) in [4.78, 5) is 23.3. The quantitative estimate of drug-likeness (QED) is 0.793. The molecule has 0 aliphatic carbocycles. The monoisotopic (exact) mass is 331 g/mol. The first kappa shape index (κ1) is 17.0. The van der Waals surface area contributed by atoms with Crippen molar-refractivity contribution in [2.24, 2.45) is 0 Å². The fourth-order valence-corrected chi connectivity index (χ4v) is 2.21. The first-order valence-corrected chi connectivity index (χ1v) is 7.72. The van der Waals surface area contributed by atoms with Crippen molar-refractivity contribution in [3.8, 4) is 0 Å². The lowest BCUT2D eigenvalue weighted by atomic mass is 10.1. The Morgan fingerprint density at radius 1 is 1.00 bits per heavy atom. The Morgan fingerprint density at radius 2 is 1.74 bits per heavy atom. The van der Waals surface area contributed by atoms with Gasteiger partial charge in [0.25, 0.3) is 0 Å². The first-order valence-electron chi connectivity index (χ1n) is 7.34. The van der Waals surface area contributed by atoms with Gasteiger partial charge in [0.2, 0.25) is 5.91 Å². The van der Waals surface area contributed by atoms with E-state index in [4.69, 9.17) is 16.3 Å². The van der Waals surface area contributed by atoms with Gasteiger partial charge in [0.1, 0.15) is 13.2 Å². The summed E-state index contributed by atoms with van der Waals surface area (Å²) in [5.74, 6) is -0.647. The number of carbonyl (C=O) groups is 2. The van der Waals surface area contributed by atoms with Crippen molar-refractivity contribution in [3.05, 3.63) is 70.7 Å². The van der Waals surface area contributed by atoms with Crippen LogP contribution < -0.4 is 5.32 Å². The summed E-state index contributed by atoms with van der Waals surface area (Å²) in [7, 11) is 0. The second-order valence-electron chi connectivity index (χ2n) is 5.05. The molecule has 0 spiro atoms. The molecule has 0 aliphatic heterocycles. The molecule has 0 atom stereocenters. The maximum Gasteiger partial charge on any atom is 0.325 e. The summed E-state index contributed by atoms with van der Waals surface area (Å²) < 4.78 is 5.09. The lowest BCUT2D eigenvalue weighted by molar-refractivity contribution is -0.145. The maximum atomic E-state index is 11.7. The second-order valence-corrected chi connectivity index (χ2v) is 5.49. The molecule has 0 saturated carbocycles. The highest BCUT2D eigenvalue weighted by atomic mass is 35.5. The molecule has 0 saturated heterocycles. The summed E-state index contributed by atoms with van der Waals surface area (Å²) in [6.07, 6.45) is 0.873. The van der Waals surface area contributed by atoms with Gasteiger partial charge in [-0.15, -0.1) is 0 Å². The molecule has 1 N–H and O–H groups in total. The Balaban J connectivity index is 1.64. The van der Waals surface area contributed by atoms with Crippen LogP contribution in [0.1, 0.15) is 17.5 Å². The van der Waals surface area contributed by atoms with Gasteiger partial charge in [-0.05, 0) is 29.7 Å². The van der Waals surface area contributed by atoms with E-state index in [1.54, 1.807) is 6.07 Å². The van der Waals surface area contributed by atoms with Crippen molar-refractivity contribution in [1.82, 2.24) is 5.32 Å². The molecule has 2 aromatic carbocycles. The van der Waals surface area contributed by atoms with Gasteiger partial charge in [-0.2, -0.15) is 0 Å². The molecular weight excluding hydrogens is 314 g/mol. The molecule has 120 valence electrons. The van der Waals surface area contributed by atoms with Gasteiger partial charge in [0, 0.05) is 11.4 Å².